The average Bonchev–Trinajstić information content (AvgIpc) is 2.67. The Bertz CT molecular complexity index is 1160. The maximum Gasteiger partial charge on any atom is 0.348 e. The lowest BCUT2D eigenvalue weighted by Gasteiger charge is -2.17. The molecular formula is C18H17N7O5. The monoisotopic (exact) mass is 411 g/mol. The Morgan fingerprint density at radius 2 is 1.43 bits per heavy atom. The summed E-state index contributed by atoms with van der Waals surface area (Å²) in [6, 6.07) is 8.90. The van der Waals surface area contributed by atoms with Crippen molar-refractivity contribution in [2.75, 3.05) is 29.6 Å². The lowest BCUT2D eigenvalue weighted by molar-refractivity contribution is -0.422. The van der Waals surface area contributed by atoms with Crippen LogP contribution in [0.15, 0.2) is 36.4 Å². The number of hydrogen-bond acceptors (Lipinski definition) is 9. The van der Waals surface area contributed by atoms with Crippen molar-refractivity contribution in [3.05, 3.63) is 56.6 Å². The zero-order valence-corrected chi connectivity index (χ0v) is 16.2. The molecule has 30 heavy (non-hydrogen) atoms. The number of nitro groups is 2. The third-order valence-corrected chi connectivity index (χ3v) is 4.03. The fourth-order valence-electron chi connectivity index (χ4n) is 2.74. The van der Waals surface area contributed by atoms with Crippen LogP contribution < -0.4 is 15.5 Å². The van der Waals surface area contributed by atoms with Gasteiger partial charge in [0.25, 0.3) is 0 Å². The van der Waals surface area contributed by atoms with E-state index in [0.29, 0.717) is 23.0 Å². The number of nitrogens with zero attached hydrogens (tertiary/aromatic N) is 5. The molecule has 0 aliphatic rings. The van der Waals surface area contributed by atoms with Crippen LogP contribution in [0.5, 0.6) is 0 Å². The number of amides is 1. The van der Waals surface area contributed by atoms with E-state index in [1.807, 2.05) is 0 Å². The first-order valence-electron chi connectivity index (χ1n) is 8.62. The highest BCUT2D eigenvalue weighted by Gasteiger charge is 2.26. The largest absolute Gasteiger partial charge is 0.360 e. The lowest BCUT2D eigenvalue weighted by atomic mass is 10.2. The van der Waals surface area contributed by atoms with Crippen molar-refractivity contribution >= 4 is 51.3 Å². The molecule has 0 unspecified atom stereocenters. The van der Waals surface area contributed by atoms with Crippen LogP contribution in [0.2, 0.25) is 0 Å². The first kappa shape index (κ1) is 20.4. The molecule has 0 atom stereocenters. The van der Waals surface area contributed by atoms with E-state index < -0.39 is 21.2 Å². The van der Waals surface area contributed by atoms with Crippen molar-refractivity contribution in [2.45, 2.75) is 6.92 Å². The van der Waals surface area contributed by atoms with Crippen LogP contribution in [0.4, 0.5) is 34.4 Å². The van der Waals surface area contributed by atoms with Crippen molar-refractivity contribution in [3.8, 4) is 0 Å². The molecule has 0 aliphatic heterocycles. The van der Waals surface area contributed by atoms with Crippen molar-refractivity contribution in [3.63, 3.8) is 0 Å². The van der Waals surface area contributed by atoms with Crippen molar-refractivity contribution in [1.82, 2.24) is 9.97 Å². The van der Waals surface area contributed by atoms with Gasteiger partial charge in [0.2, 0.25) is 5.91 Å². The lowest BCUT2D eigenvalue weighted by Crippen LogP contribution is -2.14. The minimum atomic E-state index is -0.826. The number of benzene rings is 2. The summed E-state index contributed by atoms with van der Waals surface area (Å²) in [6.07, 6.45) is 0. The molecule has 1 aromatic heterocycles. The third-order valence-electron chi connectivity index (χ3n) is 4.03. The molecule has 154 valence electrons. The second-order valence-electron chi connectivity index (χ2n) is 6.52. The quantitative estimate of drug-likeness (QED) is 0.459. The number of anilines is 4. The topological polar surface area (TPSA) is 156 Å². The van der Waals surface area contributed by atoms with Gasteiger partial charge < -0.3 is 15.5 Å². The van der Waals surface area contributed by atoms with Crippen molar-refractivity contribution in [2.24, 2.45) is 0 Å². The second-order valence-corrected chi connectivity index (χ2v) is 6.52. The van der Waals surface area contributed by atoms with E-state index >= 15 is 0 Å². The Labute approximate surface area is 169 Å². The number of rotatable bonds is 6. The van der Waals surface area contributed by atoms with E-state index in [1.165, 1.54) is 6.92 Å². The van der Waals surface area contributed by atoms with Gasteiger partial charge in [0.05, 0.1) is 33.0 Å². The predicted octanol–water partition coefficient (Wildman–Crippen LogP) is 3.21. The molecule has 12 nitrogen and oxygen atoms in total. The van der Waals surface area contributed by atoms with Gasteiger partial charge in [-0.2, -0.15) is 0 Å². The number of carbonyl (C=O) groups is 1. The summed E-state index contributed by atoms with van der Waals surface area (Å²) >= 11 is 0. The molecule has 0 saturated heterocycles. The number of hydrogen-bond donors (Lipinski definition) is 2. The zero-order valence-electron chi connectivity index (χ0n) is 16.2. The normalized spacial score (nSPS) is 10.5. The van der Waals surface area contributed by atoms with Gasteiger partial charge in [-0.05, 0) is 24.3 Å². The molecular weight excluding hydrogens is 394 g/mol. The molecule has 0 aliphatic carbocycles. The molecule has 0 saturated carbocycles. The van der Waals surface area contributed by atoms with E-state index in [1.54, 1.807) is 43.3 Å². The highest BCUT2D eigenvalue weighted by atomic mass is 16.6. The van der Waals surface area contributed by atoms with Crippen molar-refractivity contribution < 1.29 is 14.6 Å². The molecule has 0 fully saturated rings. The third kappa shape index (κ3) is 4.22. The van der Waals surface area contributed by atoms with Gasteiger partial charge in [0.1, 0.15) is 0 Å². The first-order valence-corrected chi connectivity index (χ1v) is 8.62. The number of nitrogens with one attached hydrogen (secondary N) is 2. The SMILES string of the molecule is CC(=O)Nc1ccc(Nc2nc3cc([N+](=O)[O-])c([N+](=O)[O-])cc3nc2N(C)C)cc1. The Morgan fingerprint density at radius 1 is 0.933 bits per heavy atom. The smallest absolute Gasteiger partial charge is 0.348 e. The molecule has 0 bridgehead atoms. The number of carbonyl (C=O) groups excluding carboxylic acids is 1. The first-order chi connectivity index (χ1) is 14.2. The zero-order chi connectivity index (χ0) is 22.0. The Balaban J connectivity index is 2.07. The predicted molar refractivity (Wildman–Crippen MR) is 111 cm³/mol. The fourth-order valence-corrected chi connectivity index (χ4v) is 2.74. The minimum absolute atomic E-state index is 0.135. The molecule has 0 spiro atoms. The van der Waals surface area contributed by atoms with Crippen LogP contribution in [0.3, 0.4) is 0 Å². The molecule has 3 rings (SSSR count). The maximum atomic E-state index is 11.2. The van der Waals surface area contributed by atoms with Gasteiger partial charge in [-0.3, -0.25) is 25.0 Å². The summed E-state index contributed by atoms with van der Waals surface area (Å²) in [7, 11) is 3.45. The van der Waals surface area contributed by atoms with E-state index in [2.05, 4.69) is 20.6 Å². The summed E-state index contributed by atoms with van der Waals surface area (Å²) < 4.78 is 0. The second kappa shape index (κ2) is 7.95. The number of nitro benzene ring substituents is 2. The fraction of sp³-hybridized carbons (Fsp3) is 0.167. The maximum absolute atomic E-state index is 11.2. The minimum Gasteiger partial charge on any atom is -0.360 e. The van der Waals surface area contributed by atoms with Crippen LogP contribution in [-0.4, -0.2) is 39.8 Å². The van der Waals surface area contributed by atoms with Gasteiger partial charge in [-0.25, -0.2) is 9.97 Å². The van der Waals surface area contributed by atoms with E-state index in [0.717, 1.165) is 12.1 Å². The number of aromatic nitrogens is 2. The summed E-state index contributed by atoms with van der Waals surface area (Å²) in [5.74, 6) is 0.501. The van der Waals surface area contributed by atoms with Gasteiger partial charge in [-0.1, -0.05) is 0 Å². The summed E-state index contributed by atoms with van der Waals surface area (Å²) in [6.45, 7) is 1.41. The molecule has 12 heteroatoms. The van der Waals surface area contributed by atoms with Crippen LogP contribution in [-0.2, 0) is 4.79 Å². The summed E-state index contributed by atoms with van der Waals surface area (Å²) in [5.41, 5.74) is 0.231. The van der Waals surface area contributed by atoms with E-state index in [-0.39, 0.29) is 16.9 Å². The highest BCUT2D eigenvalue weighted by molar-refractivity contribution is 5.89. The van der Waals surface area contributed by atoms with E-state index in [4.69, 9.17) is 0 Å². The van der Waals surface area contributed by atoms with Crippen LogP contribution >= 0.6 is 0 Å². The highest BCUT2D eigenvalue weighted by Crippen LogP contribution is 2.34. The van der Waals surface area contributed by atoms with Crippen molar-refractivity contribution in [1.29, 1.82) is 0 Å². The van der Waals surface area contributed by atoms with Crippen LogP contribution in [0, 0.1) is 20.2 Å². The standard InChI is InChI=1S/C18H17N7O5/c1-10(26)19-11-4-6-12(7-5-11)20-17-18(23(2)3)22-14-9-16(25(29)30)15(24(27)28)8-13(14)21-17/h4-9H,1-3H3,(H,19,26)(H,20,21). The molecule has 3 aromatic rings. The van der Waals surface area contributed by atoms with Gasteiger partial charge in [-0.15, -0.1) is 0 Å². The van der Waals surface area contributed by atoms with Gasteiger partial charge in [0.15, 0.2) is 11.6 Å². The Morgan fingerprint density at radius 3 is 1.90 bits per heavy atom. The average molecular weight is 411 g/mol. The molecule has 2 N–H and O–H groups in total. The molecule has 0 radical (unpaired) electrons. The van der Waals surface area contributed by atoms with E-state index in [9.17, 15) is 25.0 Å². The summed E-state index contributed by atoms with van der Waals surface area (Å²) in [5, 5.41) is 28.2. The summed E-state index contributed by atoms with van der Waals surface area (Å²) in [4.78, 5) is 42.4. The number of fused-ring (bicyclic) bond motifs is 1. The molecule has 1 heterocycles. The van der Waals surface area contributed by atoms with Crippen LogP contribution in [0.1, 0.15) is 6.92 Å². The molecule has 1 amide bonds. The molecule has 2 aromatic carbocycles. The Hall–Kier alpha value is -4.35. The van der Waals surface area contributed by atoms with Gasteiger partial charge in [0, 0.05) is 32.4 Å². The van der Waals surface area contributed by atoms with Gasteiger partial charge >= 0.3 is 11.4 Å². The Kier molecular flexibility index (Phi) is 5.40. The van der Waals surface area contributed by atoms with Crippen LogP contribution in [0.25, 0.3) is 11.0 Å².